The molecule has 4 rings (SSSR count). The first-order valence-electron chi connectivity index (χ1n) is 9.37. The predicted octanol–water partition coefficient (Wildman–Crippen LogP) is 3.31. The normalized spacial score (nSPS) is 11.8. The Morgan fingerprint density at radius 1 is 1.10 bits per heavy atom. The number of hydrogen-bond donors (Lipinski definition) is 1. The maximum Gasteiger partial charge on any atom is 0.319 e. The van der Waals surface area contributed by atoms with Gasteiger partial charge in [-0.2, -0.15) is 4.98 Å². The second kappa shape index (κ2) is 8.20. The van der Waals surface area contributed by atoms with Crippen LogP contribution in [0.5, 0.6) is 11.9 Å². The van der Waals surface area contributed by atoms with E-state index in [0.717, 1.165) is 33.4 Å². The Hall–Kier alpha value is -3.94. The lowest BCUT2D eigenvalue weighted by atomic mass is 10.1. The Balaban J connectivity index is 1.74. The minimum Gasteiger partial charge on any atom is -0.480 e. The van der Waals surface area contributed by atoms with Crippen molar-refractivity contribution in [2.24, 2.45) is 0 Å². The lowest BCUT2D eigenvalue weighted by Gasteiger charge is -2.12. The molecule has 1 unspecified atom stereocenters. The van der Waals surface area contributed by atoms with Gasteiger partial charge in [-0.05, 0) is 42.3 Å². The molecule has 0 spiro atoms. The molecular formula is C22H21N5O3. The highest BCUT2D eigenvalue weighted by Gasteiger charge is 2.13. The number of carbonyl (C=O) groups excluding carboxylic acids is 1. The summed E-state index contributed by atoms with van der Waals surface area (Å²) in [5.41, 5.74) is 5.43. The molecule has 0 saturated heterocycles. The SMILES string of the molecule is COc1ncc(-c2cccc(-n3cnc4cc(C(C)NC=O)ccc43)c2)c(OC)n1. The van der Waals surface area contributed by atoms with Crippen LogP contribution in [-0.2, 0) is 4.79 Å². The van der Waals surface area contributed by atoms with Crippen LogP contribution in [0, 0.1) is 0 Å². The Kier molecular flexibility index (Phi) is 5.30. The molecule has 0 aliphatic carbocycles. The van der Waals surface area contributed by atoms with E-state index in [0.29, 0.717) is 12.3 Å². The molecule has 0 bridgehead atoms. The van der Waals surface area contributed by atoms with E-state index >= 15 is 0 Å². The van der Waals surface area contributed by atoms with E-state index in [1.54, 1.807) is 19.6 Å². The van der Waals surface area contributed by atoms with Crippen LogP contribution in [0.25, 0.3) is 27.8 Å². The molecule has 152 valence electrons. The minimum atomic E-state index is -0.0806. The van der Waals surface area contributed by atoms with Crippen molar-refractivity contribution < 1.29 is 14.3 Å². The lowest BCUT2D eigenvalue weighted by molar-refractivity contribution is -0.110. The molecule has 0 aliphatic rings. The summed E-state index contributed by atoms with van der Waals surface area (Å²) in [7, 11) is 3.08. The van der Waals surface area contributed by atoms with Gasteiger partial charge in [0.05, 0.1) is 36.9 Å². The van der Waals surface area contributed by atoms with Crippen molar-refractivity contribution in [1.82, 2.24) is 24.8 Å². The van der Waals surface area contributed by atoms with Crippen molar-refractivity contribution in [1.29, 1.82) is 0 Å². The van der Waals surface area contributed by atoms with E-state index in [1.165, 1.54) is 7.11 Å². The Bertz CT molecular complexity index is 1200. The van der Waals surface area contributed by atoms with Gasteiger partial charge < -0.3 is 14.8 Å². The maximum atomic E-state index is 10.7. The number of ether oxygens (including phenoxy) is 2. The van der Waals surface area contributed by atoms with Gasteiger partial charge in [-0.1, -0.05) is 18.2 Å². The van der Waals surface area contributed by atoms with Crippen LogP contribution in [-0.4, -0.2) is 40.1 Å². The molecule has 1 N–H and O–H groups in total. The Labute approximate surface area is 173 Å². The number of imidazole rings is 1. The molecule has 0 aliphatic heterocycles. The molecular weight excluding hydrogens is 382 g/mol. The zero-order valence-corrected chi connectivity index (χ0v) is 16.9. The molecule has 2 aromatic carbocycles. The molecule has 4 aromatic rings. The highest BCUT2D eigenvalue weighted by molar-refractivity contribution is 5.79. The van der Waals surface area contributed by atoms with Crippen LogP contribution in [0.2, 0.25) is 0 Å². The highest BCUT2D eigenvalue weighted by Crippen LogP contribution is 2.31. The van der Waals surface area contributed by atoms with Crippen molar-refractivity contribution in [3.05, 3.63) is 60.6 Å². The van der Waals surface area contributed by atoms with Gasteiger partial charge in [-0.15, -0.1) is 0 Å². The van der Waals surface area contributed by atoms with Crippen molar-refractivity contribution in [2.45, 2.75) is 13.0 Å². The van der Waals surface area contributed by atoms with Gasteiger partial charge in [-0.3, -0.25) is 9.36 Å². The fourth-order valence-electron chi connectivity index (χ4n) is 3.33. The Morgan fingerprint density at radius 2 is 1.97 bits per heavy atom. The first-order chi connectivity index (χ1) is 14.6. The summed E-state index contributed by atoms with van der Waals surface area (Å²) >= 11 is 0. The average molecular weight is 403 g/mol. The second-order valence-corrected chi connectivity index (χ2v) is 6.70. The number of amides is 1. The van der Waals surface area contributed by atoms with Crippen LogP contribution in [0.15, 0.2) is 55.0 Å². The molecule has 0 saturated carbocycles. The first-order valence-corrected chi connectivity index (χ1v) is 9.37. The number of rotatable bonds is 7. The van der Waals surface area contributed by atoms with Crippen molar-refractivity contribution in [3.63, 3.8) is 0 Å². The summed E-state index contributed by atoms with van der Waals surface area (Å²) in [5.74, 6) is 0.441. The summed E-state index contributed by atoms with van der Waals surface area (Å²) in [4.78, 5) is 23.7. The minimum absolute atomic E-state index is 0.0806. The average Bonchev–Trinajstić information content (AvgIpc) is 3.22. The van der Waals surface area contributed by atoms with Crippen molar-refractivity contribution in [3.8, 4) is 28.7 Å². The Morgan fingerprint density at radius 3 is 2.73 bits per heavy atom. The molecule has 8 heteroatoms. The third-order valence-corrected chi connectivity index (χ3v) is 4.93. The highest BCUT2D eigenvalue weighted by atomic mass is 16.5. The summed E-state index contributed by atoms with van der Waals surface area (Å²) in [6.45, 7) is 1.93. The summed E-state index contributed by atoms with van der Waals surface area (Å²) < 4.78 is 12.5. The molecule has 2 heterocycles. The monoisotopic (exact) mass is 403 g/mol. The van der Waals surface area contributed by atoms with Crippen molar-refractivity contribution in [2.75, 3.05) is 14.2 Å². The summed E-state index contributed by atoms with van der Waals surface area (Å²) in [6, 6.07) is 14.1. The molecule has 8 nitrogen and oxygen atoms in total. The van der Waals surface area contributed by atoms with Gasteiger partial charge in [0.25, 0.3) is 0 Å². The predicted molar refractivity (Wildman–Crippen MR) is 113 cm³/mol. The van der Waals surface area contributed by atoms with Crippen LogP contribution < -0.4 is 14.8 Å². The first kappa shape index (κ1) is 19.4. The molecule has 1 atom stereocenters. The number of fused-ring (bicyclic) bond motifs is 1. The van der Waals surface area contributed by atoms with E-state index < -0.39 is 0 Å². The van der Waals surface area contributed by atoms with Gasteiger partial charge in [0.2, 0.25) is 12.3 Å². The number of methoxy groups -OCH3 is 2. The van der Waals surface area contributed by atoms with Crippen LogP contribution >= 0.6 is 0 Å². The molecule has 30 heavy (non-hydrogen) atoms. The maximum absolute atomic E-state index is 10.7. The van der Waals surface area contributed by atoms with E-state index in [9.17, 15) is 4.79 Å². The molecule has 0 radical (unpaired) electrons. The lowest BCUT2D eigenvalue weighted by Crippen LogP contribution is -2.15. The van der Waals surface area contributed by atoms with Gasteiger partial charge in [0.1, 0.15) is 6.33 Å². The van der Waals surface area contributed by atoms with E-state index in [-0.39, 0.29) is 12.1 Å². The van der Waals surface area contributed by atoms with Gasteiger partial charge >= 0.3 is 6.01 Å². The van der Waals surface area contributed by atoms with Gasteiger partial charge in [0, 0.05) is 11.9 Å². The van der Waals surface area contributed by atoms with E-state index in [2.05, 4.69) is 20.3 Å². The van der Waals surface area contributed by atoms with Gasteiger partial charge in [0.15, 0.2) is 0 Å². The van der Waals surface area contributed by atoms with Crippen molar-refractivity contribution >= 4 is 17.4 Å². The largest absolute Gasteiger partial charge is 0.480 e. The smallest absolute Gasteiger partial charge is 0.319 e. The van der Waals surface area contributed by atoms with Crippen LogP contribution in [0.3, 0.4) is 0 Å². The molecule has 0 fully saturated rings. The standard InChI is InChI=1S/C22H21N5O3/c1-14(25-13-28)15-7-8-20-19(10-15)24-12-27(20)17-6-4-5-16(9-17)18-11-23-22(30-3)26-21(18)29-2/h4-14H,1-3H3,(H,25,28). The number of nitrogens with zero attached hydrogens (tertiary/aromatic N) is 4. The van der Waals surface area contributed by atoms with Gasteiger partial charge in [-0.25, -0.2) is 9.97 Å². The third kappa shape index (κ3) is 3.55. The number of aromatic nitrogens is 4. The quantitative estimate of drug-likeness (QED) is 0.476. The van der Waals surface area contributed by atoms with E-state index in [1.807, 2.05) is 54.0 Å². The molecule has 2 aromatic heterocycles. The molecule has 1 amide bonds. The zero-order chi connectivity index (χ0) is 21.1. The number of benzene rings is 2. The second-order valence-electron chi connectivity index (χ2n) is 6.70. The number of carbonyl (C=O) groups is 1. The fourth-order valence-corrected chi connectivity index (χ4v) is 3.33. The third-order valence-electron chi connectivity index (χ3n) is 4.93. The summed E-state index contributed by atoms with van der Waals surface area (Å²) in [6.07, 6.45) is 4.17. The summed E-state index contributed by atoms with van der Waals surface area (Å²) in [5, 5.41) is 2.76. The van der Waals surface area contributed by atoms with E-state index in [4.69, 9.17) is 9.47 Å². The fraction of sp³-hybridized carbons (Fsp3) is 0.182. The number of hydrogen-bond acceptors (Lipinski definition) is 6. The van der Waals surface area contributed by atoms with Crippen LogP contribution in [0.4, 0.5) is 0 Å². The topological polar surface area (TPSA) is 91.2 Å². The zero-order valence-electron chi connectivity index (χ0n) is 16.9. The number of nitrogens with one attached hydrogen (secondary N) is 1. The van der Waals surface area contributed by atoms with Crippen LogP contribution in [0.1, 0.15) is 18.5 Å².